The van der Waals surface area contributed by atoms with Crippen molar-refractivity contribution in [2.75, 3.05) is 11.9 Å². The van der Waals surface area contributed by atoms with Gasteiger partial charge in [-0.3, -0.25) is 14.5 Å². The fourth-order valence-corrected chi connectivity index (χ4v) is 4.57. The summed E-state index contributed by atoms with van der Waals surface area (Å²) in [6, 6.07) is 11.3. The molecule has 0 spiro atoms. The van der Waals surface area contributed by atoms with E-state index in [2.05, 4.69) is 15.0 Å². The van der Waals surface area contributed by atoms with Crippen LogP contribution in [0.4, 0.5) is 5.69 Å². The van der Waals surface area contributed by atoms with Crippen molar-refractivity contribution in [2.24, 2.45) is 10.9 Å². The molecule has 1 aliphatic heterocycles. The van der Waals surface area contributed by atoms with Crippen LogP contribution >= 0.6 is 23.2 Å². The van der Waals surface area contributed by atoms with E-state index in [1.165, 1.54) is 12.1 Å². The number of carbonyl (C=O) groups excluding carboxylic acids is 1. The normalized spacial score (nSPS) is 14.9. The molecule has 1 aliphatic rings. The minimum atomic E-state index is -3.74. The number of halogens is 2. The molecule has 2 N–H and O–H groups in total. The highest BCUT2D eigenvalue weighted by atomic mass is 35.5. The summed E-state index contributed by atoms with van der Waals surface area (Å²) in [5.41, 5.74) is 1.22. The van der Waals surface area contributed by atoms with Gasteiger partial charge < -0.3 is 5.32 Å². The molecule has 0 radical (unpaired) electrons. The standard InChI is InChI=1S/C20H21Cl2N3O3S/c1-13(10-14-7-8-15(21)11-18(14)22)20(26)24-16-4-2-5-17(12-16)29(27,28)25-19-6-3-9-23-19/h2,4-5,7-8,11-13H,3,6,9-10H2,1H3,(H,23,25)(H,24,26). The van der Waals surface area contributed by atoms with E-state index in [1.54, 1.807) is 37.3 Å². The zero-order valence-electron chi connectivity index (χ0n) is 15.8. The predicted molar refractivity (Wildman–Crippen MR) is 116 cm³/mol. The van der Waals surface area contributed by atoms with Crippen LogP contribution in [-0.4, -0.2) is 26.7 Å². The lowest BCUT2D eigenvalue weighted by atomic mass is 10.00. The highest BCUT2D eigenvalue weighted by molar-refractivity contribution is 7.90. The van der Waals surface area contributed by atoms with Crippen molar-refractivity contribution in [3.63, 3.8) is 0 Å². The van der Waals surface area contributed by atoms with E-state index in [4.69, 9.17) is 23.2 Å². The molecular weight excluding hydrogens is 433 g/mol. The van der Waals surface area contributed by atoms with E-state index in [9.17, 15) is 13.2 Å². The van der Waals surface area contributed by atoms with Crippen LogP contribution in [0.2, 0.25) is 10.0 Å². The van der Waals surface area contributed by atoms with Crippen LogP contribution in [-0.2, 0) is 21.2 Å². The Morgan fingerprint density at radius 2 is 2.00 bits per heavy atom. The maximum Gasteiger partial charge on any atom is 0.262 e. The first-order valence-electron chi connectivity index (χ1n) is 9.15. The Kier molecular flexibility index (Phi) is 6.82. The predicted octanol–water partition coefficient (Wildman–Crippen LogP) is 4.28. The lowest BCUT2D eigenvalue weighted by Crippen LogP contribution is -2.29. The summed E-state index contributed by atoms with van der Waals surface area (Å²) >= 11 is 12.1. The minimum absolute atomic E-state index is 0.0679. The molecule has 0 aliphatic carbocycles. The Morgan fingerprint density at radius 3 is 2.69 bits per heavy atom. The summed E-state index contributed by atoms with van der Waals surface area (Å²) in [4.78, 5) is 16.8. The van der Waals surface area contributed by atoms with Gasteiger partial charge in [-0.25, -0.2) is 8.42 Å². The molecule has 1 amide bonds. The lowest BCUT2D eigenvalue weighted by Gasteiger charge is -2.14. The number of rotatable bonds is 6. The molecule has 1 atom stereocenters. The van der Waals surface area contributed by atoms with Gasteiger partial charge in [-0.05, 0) is 48.7 Å². The summed E-state index contributed by atoms with van der Waals surface area (Å²) in [5, 5.41) is 3.81. The number of amidine groups is 1. The molecule has 0 bridgehead atoms. The van der Waals surface area contributed by atoms with Gasteiger partial charge in [0.1, 0.15) is 5.84 Å². The number of carbonyl (C=O) groups is 1. The van der Waals surface area contributed by atoms with Crippen LogP contribution in [0.3, 0.4) is 0 Å². The fraction of sp³-hybridized carbons (Fsp3) is 0.300. The first-order valence-corrected chi connectivity index (χ1v) is 11.4. The SMILES string of the molecule is CC(Cc1ccc(Cl)cc1Cl)C(=O)Nc1cccc(S(=O)(=O)NC2=NCCC2)c1. The average Bonchev–Trinajstić information content (AvgIpc) is 3.16. The van der Waals surface area contributed by atoms with Crippen LogP contribution in [0.5, 0.6) is 0 Å². The van der Waals surface area contributed by atoms with Crippen LogP contribution in [0, 0.1) is 5.92 Å². The van der Waals surface area contributed by atoms with E-state index >= 15 is 0 Å². The maximum absolute atomic E-state index is 12.6. The zero-order chi connectivity index (χ0) is 21.0. The Labute approximate surface area is 180 Å². The Hall–Kier alpha value is -2.09. The molecule has 0 saturated heterocycles. The average molecular weight is 454 g/mol. The maximum atomic E-state index is 12.6. The molecule has 0 saturated carbocycles. The van der Waals surface area contributed by atoms with Gasteiger partial charge in [-0.15, -0.1) is 0 Å². The summed E-state index contributed by atoms with van der Waals surface area (Å²) in [5.74, 6) is -0.147. The quantitative estimate of drug-likeness (QED) is 0.683. The van der Waals surface area contributed by atoms with Crippen LogP contribution < -0.4 is 10.0 Å². The number of hydrogen-bond donors (Lipinski definition) is 2. The molecule has 9 heteroatoms. The van der Waals surface area contributed by atoms with Gasteiger partial charge in [0.25, 0.3) is 10.0 Å². The van der Waals surface area contributed by atoms with E-state index in [0.29, 0.717) is 41.0 Å². The largest absolute Gasteiger partial charge is 0.326 e. The Morgan fingerprint density at radius 1 is 1.21 bits per heavy atom. The molecule has 3 rings (SSSR count). The molecule has 1 heterocycles. The summed E-state index contributed by atoms with van der Waals surface area (Å²) in [6.45, 7) is 2.41. The second-order valence-electron chi connectivity index (χ2n) is 6.90. The zero-order valence-corrected chi connectivity index (χ0v) is 18.1. The number of benzene rings is 2. The van der Waals surface area contributed by atoms with Gasteiger partial charge in [0, 0.05) is 34.6 Å². The van der Waals surface area contributed by atoms with Crippen molar-refractivity contribution in [1.82, 2.24) is 4.72 Å². The van der Waals surface area contributed by atoms with Gasteiger partial charge in [-0.1, -0.05) is 42.3 Å². The Bertz CT molecular complexity index is 1050. The molecule has 1 unspecified atom stereocenters. The molecule has 2 aromatic rings. The second-order valence-corrected chi connectivity index (χ2v) is 9.42. The van der Waals surface area contributed by atoms with Gasteiger partial charge in [0.05, 0.1) is 4.90 Å². The first kappa shape index (κ1) is 21.6. The molecular formula is C20H21Cl2N3O3S. The number of hydrogen-bond acceptors (Lipinski definition) is 4. The van der Waals surface area contributed by atoms with E-state index < -0.39 is 10.0 Å². The van der Waals surface area contributed by atoms with Crippen molar-refractivity contribution in [1.29, 1.82) is 0 Å². The van der Waals surface area contributed by atoms with Gasteiger partial charge in [0.2, 0.25) is 5.91 Å². The fourth-order valence-electron chi connectivity index (χ4n) is 2.95. The highest BCUT2D eigenvalue weighted by Gasteiger charge is 2.20. The lowest BCUT2D eigenvalue weighted by molar-refractivity contribution is -0.119. The van der Waals surface area contributed by atoms with E-state index in [1.807, 2.05) is 0 Å². The van der Waals surface area contributed by atoms with Gasteiger partial charge in [-0.2, -0.15) is 0 Å². The number of sulfonamides is 1. The molecule has 29 heavy (non-hydrogen) atoms. The van der Waals surface area contributed by atoms with Gasteiger partial charge in [0.15, 0.2) is 0 Å². The number of nitrogens with one attached hydrogen (secondary N) is 2. The number of amides is 1. The molecule has 0 aromatic heterocycles. The van der Waals surface area contributed by atoms with Crippen molar-refractivity contribution < 1.29 is 13.2 Å². The topological polar surface area (TPSA) is 87.6 Å². The third-order valence-electron chi connectivity index (χ3n) is 4.53. The van der Waals surface area contributed by atoms with Crippen LogP contribution in [0.25, 0.3) is 0 Å². The number of anilines is 1. The third kappa shape index (κ3) is 5.72. The Balaban J connectivity index is 1.68. The number of nitrogens with zero attached hydrogens (tertiary/aromatic N) is 1. The molecule has 0 fully saturated rings. The van der Waals surface area contributed by atoms with Crippen molar-refractivity contribution in [2.45, 2.75) is 31.1 Å². The van der Waals surface area contributed by atoms with Gasteiger partial charge >= 0.3 is 0 Å². The van der Waals surface area contributed by atoms with Crippen molar-refractivity contribution in [3.05, 3.63) is 58.1 Å². The van der Waals surface area contributed by atoms with Crippen LogP contribution in [0.15, 0.2) is 52.4 Å². The highest BCUT2D eigenvalue weighted by Crippen LogP contribution is 2.24. The molecule has 6 nitrogen and oxygen atoms in total. The smallest absolute Gasteiger partial charge is 0.262 e. The van der Waals surface area contributed by atoms with E-state index in [0.717, 1.165) is 12.0 Å². The van der Waals surface area contributed by atoms with E-state index in [-0.39, 0.29) is 16.7 Å². The second kappa shape index (κ2) is 9.15. The van der Waals surface area contributed by atoms with Crippen molar-refractivity contribution in [3.8, 4) is 0 Å². The number of aliphatic imine (C=N–C) groups is 1. The summed E-state index contributed by atoms with van der Waals surface area (Å²) in [7, 11) is -3.74. The minimum Gasteiger partial charge on any atom is -0.326 e. The first-order chi connectivity index (χ1) is 13.7. The monoisotopic (exact) mass is 453 g/mol. The third-order valence-corrected chi connectivity index (χ3v) is 6.49. The van der Waals surface area contributed by atoms with Crippen LogP contribution in [0.1, 0.15) is 25.3 Å². The summed E-state index contributed by atoms with van der Waals surface area (Å²) < 4.78 is 27.6. The molecule has 154 valence electrons. The summed E-state index contributed by atoms with van der Waals surface area (Å²) in [6.07, 6.45) is 1.88. The molecule has 2 aromatic carbocycles. The van der Waals surface area contributed by atoms with Crippen molar-refractivity contribution >= 4 is 50.7 Å².